The van der Waals surface area contributed by atoms with Crippen LogP contribution in [0, 0.1) is 20.8 Å². The molecule has 3 aromatic rings. The predicted octanol–water partition coefficient (Wildman–Crippen LogP) is 4.21. The van der Waals surface area contributed by atoms with Crippen molar-refractivity contribution in [1.29, 1.82) is 0 Å². The van der Waals surface area contributed by atoms with Crippen LogP contribution in [0.3, 0.4) is 0 Å². The maximum Gasteiger partial charge on any atom is 0.264 e. The number of rotatable bonds is 5. The molecule has 148 valence electrons. The Kier molecular flexibility index (Phi) is 4.63. The van der Waals surface area contributed by atoms with Crippen molar-refractivity contribution in [1.82, 2.24) is 0 Å². The summed E-state index contributed by atoms with van der Waals surface area (Å²) in [7, 11) is 0. The average molecular weight is 389 g/mol. The normalized spacial score (nSPS) is 18.2. The minimum Gasteiger partial charge on any atom is -0.458 e. The molecule has 1 atom stereocenters. The van der Waals surface area contributed by atoms with Gasteiger partial charge in [0.2, 0.25) is 5.78 Å². The van der Waals surface area contributed by atoms with Gasteiger partial charge in [0.1, 0.15) is 5.76 Å². The number of fused-ring (bicyclic) bond motifs is 1. The van der Waals surface area contributed by atoms with Gasteiger partial charge in [0.25, 0.3) is 5.91 Å². The van der Waals surface area contributed by atoms with E-state index in [-0.39, 0.29) is 12.2 Å². The van der Waals surface area contributed by atoms with Gasteiger partial charge in [-0.15, -0.1) is 0 Å². The number of para-hydroxylation sites is 1. The second-order valence-electron chi connectivity index (χ2n) is 7.71. The van der Waals surface area contributed by atoms with Crippen LogP contribution in [0.2, 0.25) is 0 Å². The van der Waals surface area contributed by atoms with Crippen molar-refractivity contribution in [3.63, 3.8) is 0 Å². The summed E-state index contributed by atoms with van der Waals surface area (Å²) >= 11 is 0. The van der Waals surface area contributed by atoms with Gasteiger partial charge in [-0.25, -0.2) is 0 Å². The third-order valence-electron chi connectivity index (χ3n) is 5.50. The quantitative estimate of drug-likeness (QED) is 0.664. The van der Waals surface area contributed by atoms with Gasteiger partial charge < -0.3 is 14.4 Å². The second-order valence-corrected chi connectivity index (χ2v) is 7.71. The summed E-state index contributed by atoms with van der Waals surface area (Å²) in [4.78, 5) is 27.6. The Labute approximate surface area is 169 Å². The largest absolute Gasteiger partial charge is 0.458 e. The molecule has 5 heteroatoms. The van der Waals surface area contributed by atoms with Gasteiger partial charge in [0.05, 0.1) is 18.7 Å². The van der Waals surface area contributed by atoms with Crippen molar-refractivity contribution in [2.75, 3.05) is 4.90 Å². The van der Waals surface area contributed by atoms with E-state index in [0.717, 1.165) is 16.7 Å². The summed E-state index contributed by atoms with van der Waals surface area (Å²) in [6.45, 7) is 6.10. The number of hydrogen-bond acceptors (Lipinski definition) is 4. The fourth-order valence-electron chi connectivity index (χ4n) is 3.93. The van der Waals surface area contributed by atoms with Crippen LogP contribution in [0.4, 0.5) is 5.69 Å². The molecule has 1 aliphatic heterocycles. The number of ketones is 1. The summed E-state index contributed by atoms with van der Waals surface area (Å²) < 4.78 is 5.39. The third-order valence-corrected chi connectivity index (χ3v) is 5.50. The Balaban J connectivity index is 1.69. The molecule has 0 fully saturated rings. The Morgan fingerprint density at radius 2 is 1.83 bits per heavy atom. The lowest BCUT2D eigenvalue weighted by Gasteiger charge is -2.23. The van der Waals surface area contributed by atoms with E-state index in [9.17, 15) is 14.7 Å². The zero-order chi connectivity index (χ0) is 20.8. The number of carbonyl (C=O) groups is 2. The molecule has 2 aromatic carbocycles. The Morgan fingerprint density at radius 1 is 1.07 bits per heavy atom. The van der Waals surface area contributed by atoms with Gasteiger partial charge in [0, 0.05) is 5.56 Å². The molecule has 2 heterocycles. The highest BCUT2D eigenvalue weighted by atomic mass is 16.3. The lowest BCUT2D eigenvalue weighted by Crippen LogP contribution is -2.41. The summed E-state index contributed by atoms with van der Waals surface area (Å²) in [5.41, 5.74) is 2.39. The Bertz CT molecular complexity index is 1110. The molecule has 1 N–H and O–H groups in total. The van der Waals surface area contributed by atoms with Crippen molar-refractivity contribution in [2.24, 2.45) is 0 Å². The zero-order valence-corrected chi connectivity index (χ0v) is 16.7. The average Bonchev–Trinajstić information content (AvgIpc) is 3.20. The fraction of sp³-hybridized carbons (Fsp3) is 0.250. The van der Waals surface area contributed by atoms with Crippen LogP contribution < -0.4 is 4.90 Å². The van der Waals surface area contributed by atoms with Crippen LogP contribution in [0.15, 0.2) is 59.0 Å². The number of hydrogen-bond donors (Lipinski definition) is 1. The minimum absolute atomic E-state index is 0.147. The van der Waals surface area contributed by atoms with E-state index >= 15 is 0 Å². The molecule has 4 rings (SSSR count). The molecule has 5 nitrogen and oxygen atoms in total. The van der Waals surface area contributed by atoms with Crippen LogP contribution >= 0.6 is 0 Å². The molecule has 0 saturated carbocycles. The Hall–Kier alpha value is -3.18. The van der Waals surface area contributed by atoms with Gasteiger partial charge in [-0.05, 0) is 50.1 Å². The summed E-state index contributed by atoms with van der Waals surface area (Å²) in [6.07, 6.45) is -0.362. The molecule has 0 bridgehead atoms. The molecule has 1 aliphatic rings. The van der Waals surface area contributed by atoms with E-state index in [1.807, 2.05) is 32.0 Å². The fourth-order valence-corrected chi connectivity index (χ4v) is 3.93. The second kappa shape index (κ2) is 7.01. The number of aliphatic hydroxyl groups is 1. The van der Waals surface area contributed by atoms with E-state index in [4.69, 9.17) is 4.42 Å². The smallest absolute Gasteiger partial charge is 0.264 e. The zero-order valence-electron chi connectivity index (χ0n) is 16.7. The van der Waals surface area contributed by atoms with Gasteiger partial charge in [0.15, 0.2) is 11.4 Å². The van der Waals surface area contributed by atoms with Gasteiger partial charge in [-0.2, -0.15) is 0 Å². The minimum atomic E-state index is -1.91. The number of nitrogens with zero attached hydrogens (tertiary/aromatic N) is 1. The first-order valence-electron chi connectivity index (χ1n) is 9.59. The number of benzene rings is 2. The topological polar surface area (TPSA) is 70.8 Å². The summed E-state index contributed by atoms with van der Waals surface area (Å²) in [5, 5.41) is 11.4. The summed E-state index contributed by atoms with van der Waals surface area (Å²) in [6, 6.07) is 16.4. The van der Waals surface area contributed by atoms with Crippen LogP contribution in [0.1, 0.15) is 45.0 Å². The van der Waals surface area contributed by atoms with Gasteiger partial charge >= 0.3 is 0 Å². The van der Waals surface area contributed by atoms with E-state index in [1.165, 1.54) is 0 Å². The van der Waals surface area contributed by atoms with Crippen molar-refractivity contribution < 1.29 is 19.1 Å². The van der Waals surface area contributed by atoms with Crippen LogP contribution in [0.25, 0.3) is 0 Å². The van der Waals surface area contributed by atoms with Crippen molar-refractivity contribution in [2.45, 2.75) is 39.3 Å². The first-order valence-corrected chi connectivity index (χ1v) is 9.59. The number of carbonyl (C=O) groups excluding carboxylic acids is 2. The molecule has 0 saturated heterocycles. The van der Waals surface area contributed by atoms with E-state index in [2.05, 4.69) is 6.07 Å². The first kappa shape index (κ1) is 19.2. The molecular weight excluding hydrogens is 366 g/mol. The van der Waals surface area contributed by atoms with Crippen LogP contribution in [-0.4, -0.2) is 16.8 Å². The molecule has 0 unspecified atom stereocenters. The number of anilines is 1. The van der Waals surface area contributed by atoms with Crippen LogP contribution in [0.5, 0.6) is 0 Å². The first-order chi connectivity index (χ1) is 13.8. The molecule has 1 amide bonds. The summed E-state index contributed by atoms with van der Waals surface area (Å²) in [5.74, 6) is -0.142. The lowest BCUT2D eigenvalue weighted by molar-refractivity contribution is -0.136. The Morgan fingerprint density at radius 3 is 2.52 bits per heavy atom. The van der Waals surface area contributed by atoms with E-state index < -0.39 is 17.3 Å². The van der Waals surface area contributed by atoms with Gasteiger partial charge in [-0.1, -0.05) is 42.0 Å². The maximum atomic E-state index is 13.3. The van der Waals surface area contributed by atoms with Crippen molar-refractivity contribution in [3.05, 3.63) is 88.4 Å². The number of aryl methyl sites for hydroxylation is 3. The van der Waals surface area contributed by atoms with Gasteiger partial charge in [-0.3, -0.25) is 9.59 Å². The highest BCUT2D eigenvalue weighted by Gasteiger charge is 2.51. The van der Waals surface area contributed by atoms with Crippen molar-refractivity contribution >= 4 is 17.4 Å². The maximum absolute atomic E-state index is 13.3. The molecule has 1 aromatic heterocycles. The highest BCUT2D eigenvalue weighted by molar-refractivity contribution is 6.10. The number of Topliss-reactive ketones (excluding diaryl/α,β-unsaturated/α-hetero) is 1. The highest BCUT2D eigenvalue weighted by Crippen LogP contribution is 2.43. The third kappa shape index (κ3) is 3.28. The number of amides is 1. The molecular formula is C24H23NO4. The van der Waals surface area contributed by atoms with Crippen LogP contribution in [-0.2, 0) is 16.9 Å². The van der Waals surface area contributed by atoms with Crippen molar-refractivity contribution in [3.8, 4) is 0 Å². The molecule has 0 radical (unpaired) electrons. The number of furan rings is 1. The predicted molar refractivity (Wildman–Crippen MR) is 110 cm³/mol. The SMILES string of the molecule is Cc1ccc(CN2C(=O)[C@@](O)(CC(=O)c3ccc(C)o3)c3ccccc32)c(C)c1. The standard InChI is InChI=1S/C24H23NO4/c1-15-8-10-18(16(2)12-15)14-25-20-7-5-4-6-19(20)24(28,23(25)27)13-21(26)22-11-9-17(3)29-22/h4-12,28H,13-14H2,1-3H3/t24-/m1/s1. The molecule has 29 heavy (non-hydrogen) atoms. The van der Waals surface area contributed by atoms with E-state index in [0.29, 0.717) is 23.6 Å². The molecule has 0 aliphatic carbocycles. The monoisotopic (exact) mass is 389 g/mol. The lowest BCUT2D eigenvalue weighted by atomic mass is 9.89. The van der Waals surface area contributed by atoms with E-state index in [1.54, 1.807) is 42.2 Å². The molecule has 0 spiro atoms.